The second-order valence-corrected chi connectivity index (χ2v) is 11.0. The van der Waals surface area contributed by atoms with Crippen molar-refractivity contribution in [2.45, 2.75) is 75.9 Å². The van der Waals surface area contributed by atoms with Gasteiger partial charge in [0.25, 0.3) is 10.2 Å². The molecule has 2 rings (SSSR count). The van der Waals surface area contributed by atoms with Gasteiger partial charge in [-0.2, -0.15) is 17.0 Å². The van der Waals surface area contributed by atoms with Crippen molar-refractivity contribution < 1.29 is 33.2 Å². The highest BCUT2D eigenvalue weighted by Gasteiger charge is 2.58. The average Bonchev–Trinajstić information content (AvgIpc) is 3.32. The number of nitrogens with one attached hydrogen (secondary N) is 1. The van der Waals surface area contributed by atoms with Crippen molar-refractivity contribution in [1.29, 1.82) is 0 Å². The predicted octanol–water partition coefficient (Wildman–Crippen LogP) is -2.10. The largest absolute Gasteiger partial charge is 0.479 e. The van der Waals surface area contributed by atoms with Gasteiger partial charge < -0.3 is 31.9 Å². The maximum atomic E-state index is 13.5. The molecule has 0 radical (unpaired) electrons. The summed E-state index contributed by atoms with van der Waals surface area (Å²) in [5.41, 5.74) is 9.37. The summed E-state index contributed by atoms with van der Waals surface area (Å²) >= 11 is 0. The van der Waals surface area contributed by atoms with Crippen molar-refractivity contribution in [3.63, 3.8) is 0 Å². The zero-order valence-electron chi connectivity index (χ0n) is 18.9. The Bertz CT molecular complexity index is 808. The molecule has 1 aliphatic carbocycles. The van der Waals surface area contributed by atoms with Crippen molar-refractivity contribution in [2.24, 2.45) is 17.4 Å². The number of likely N-dealkylation sites (N-methyl/N-ethyl adjacent to an activating group) is 1. The van der Waals surface area contributed by atoms with Gasteiger partial charge in [-0.3, -0.25) is 4.79 Å². The van der Waals surface area contributed by atoms with Crippen molar-refractivity contribution in [3.05, 3.63) is 0 Å². The fourth-order valence-electron chi connectivity index (χ4n) is 4.34. The third-order valence-corrected chi connectivity index (χ3v) is 8.83. The molecule has 14 heteroatoms. The molecule has 184 valence electrons. The lowest BCUT2D eigenvalue weighted by molar-refractivity contribution is -0.149. The van der Waals surface area contributed by atoms with E-state index in [2.05, 4.69) is 5.32 Å². The molecular weight excluding hydrogens is 441 g/mol. The van der Waals surface area contributed by atoms with Crippen LogP contribution in [0.15, 0.2) is 0 Å². The van der Waals surface area contributed by atoms with E-state index in [1.807, 2.05) is 0 Å². The molecule has 0 aromatic rings. The van der Waals surface area contributed by atoms with E-state index in [4.69, 9.17) is 21.5 Å². The van der Waals surface area contributed by atoms with Crippen molar-refractivity contribution in [1.82, 2.24) is 13.9 Å². The van der Waals surface area contributed by atoms with Gasteiger partial charge in [-0.25, -0.2) is 4.79 Å². The Morgan fingerprint density at radius 2 is 1.91 bits per heavy atom. The van der Waals surface area contributed by atoms with E-state index >= 15 is 0 Å². The summed E-state index contributed by atoms with van der Waals surface area (Å²) in [5, 5.41) is 30.8. The number of hydrogen-bond donors (Lipinski definition) is 6. The fraction of sp³-hybridized carbons (Fsp3) is 0.889. The van der Waals surface area contributed by atoms with E-state index in [-0.39, 0.29) is 32.3 Å². The maximum absolute atomic E-state index is 13.5. The molecule has 0 unspecified atom stereocenters. The molecule has 0 aromatic heterocycles. The molecule has 0 bridgehead atoms. The molecule has 1 heterocycles. The Kier molecular flexibility index (Phi) is 8.35. The summed E-state index contributed by atoms with van der Waals surface area (Å²) in [6, 6.07) is -1.46. The zero-order chi connectivity index (χ0) is 24.5. The summed E-state index contributed by atoms with van der Waals surface area (Å²) in [6.07, 6.45) is 1.80. The number of hydrogen-bond acceptors (Lipinski definition) is 8. The van der Waals surface area contributed by atoms with Crippen LogP contribution in [0.4, 0.5) is 0 Å². The molecule has 12 nitrogen and oxygen atoms in total. The van der Waals surface area contributed by atoms with Crippen LogP contribution in [0.5, 0.6) is 0 Å². The molecule has 2 fully saturated rings. The number of carbonyl (C=O) groups excluding carboxylic acids is 1. The number of nitrogens with two attached hydrogens (primary N) is 2. The van der Waals surface area contributed by atoms with Crippen LogP contribution in [0.3, 0.4) is 0 Å². The molecule has 0 aromatic carbocycles. The average molecular weight is 477 g/mol. The van der Waals surface area contributed by atoms with Gasteiger partial charge in [-0.1, -0.05) is 13.3 Å². The Morgan fingerprint density at radius 3 is 2.34 bits per heavy atom. The van der Waals surface area contributed by atoms with Gasteiger partial charge in [0.2, 0.25) is 5.91 Å². The summed E-state index contributed by atoms with van der Waals surface area (Å²) in [4.78, 5) is 24.8. The van der Waals surface area contributed by atoms with E-state index in [1.54, 1.807) is 13.8 Å². The maximum Gasteiger partial charge on any atom is 0.451 e. The van der Waals surface area contributed by atoms with Crippen LogP contribution < -0.4 is 16.8 Å². The Balaban J connectivity index is 2.38. The number of aliphatic carboxylic acids is 1. The first-order valence-electron chi connectivity index (χ1n) is 10.9. The molecule has 8 N–H and O–H groups in total. The number of carboxylic acids is 1. The second kappa shape index (κ2) is 9.91. The standard InChI is InChI=1S/C18H36BN5O7S/c1-4-24(13(3)17(21)7-8-17)32(30,31)23-10-14(6-5-9-19(28)29)18(11-23,16(26)27)22-15(25)12(2)20/h12-14,28-29H,4-11,20-21H2,1-3H3,(H,22,25)(H,26,27)/t12-,13-,14-,18-/m0/s1. The second-order valence-electron chi connectivity index (χ2n) is 9.08. The topological polar surface area (TPSA) is 200 Å². The van der Waals surface area contributed by atoms with Crippen molar-refractivity contribution in [2.75, 3.05) is 19.6 Å². The van der Waals surface area contributed by atoms with Crippen molar-refractivity contribution in [3.8, 4) is 0 Å². The molecule has 1 aliphatic heterocycles. The van der Waals surface area contributed by atoms with Crippen LogP contribution in [-0.2, 0) is 19.8 Å². The molecule has 1 amide bonds. The van der Waals surface area contributed by atoms with Gasteiger partial charge in [0.15, 0.2) is 5.54 Å². The molecule has 32 heavy (non-hydrogen) atoms. The van der Waals surface area contributed by atoms with Crippen LogP contribution in [0.25, 0.3) is 0 Å². The van der Waals surface area contributed by atoms with E-state index in [0.29, 0.717) is 12.8 Å². The van der Waals surface area contributed by atoms with Crippen LogP contribution in [0.2, 0.25) is 6.32 Å². The third kappa shape index (κ3) is 5.43. The lowest BCUT2D eigenvalue weighted by Crippen LogP contribution is -2.63. The molecule has 2 aliphatic rings. The van der Waals surface area contributed by atoms with Crippen LogP contribution in [0.1, 0.15) is 46.5 Å². The fourth-order valence-corrected chi connectivity index (χ4v) is 6.31. The van der Waals surface area contributed by atoms with Crippen molar-refractivity contribution >= 4 is 29.2 Å². The van der Waals surface area contributed by atoms with Gasteiger partial charge in [0, 0.05) is 37.1 Å². The monoisotopic (exact) mass is 477 g/mol. The summed E-state index contributed by atoms with van der Waals surface area (Å²) in [5.74, 6) is -2.87. The van der Waals surface area contributed by atoms with Crippen LogP contribution >= 0.6 is 0 Å². The third-order valence-electron chi connectivity index (χ3n) is 6.73. The minimum Gasteiger partial charge on any atom is -0.479 e. The normalized spacial score (nSPS) is 27.2. The van der Waals surface area contributed by atoms with Crippen LogP contribution in [0, 0.1) is 5.92 Å². The number of amides is 1. The first-order valence-corrected chi connectivity index (χ1v) is 12.3. The number of carbonyl (C=O) groups is 2. The summed E-state index contributed by atoms with van der Waals surface area (Å²) in [7, 11) is -5.65. The Hall–Kier alpha value is -1.29. The molecular formula is C18H36BN5O7S. The van der Waals surface area contributed by atoms with E-state index < -0.39 is 64.8 Å². The van der Waals surface area contributed by atoms with Gasteiger partial charge in [0.1, 0.15) is 0 Å². The molecule has 4 atom stereocenters. The van der Waals surface area contributed by atoms with Gasteiger partial charge in [0.05, 0.1) is 6.04 Å². The lowest BCUT2D eigenvalue weighted by atomic mass is 9.78. The first kappa shape index (κ1) is 27.0. The smallest absolute Gasteiger partial charge is 0.451 e. The highest BCUT2D eigenvalue weighted by molar-refractivity contribution is 7.86. The van der Waals surface area contributed by atoms with Gasteiger partial charge in [-0.15, -0.1) is 0 Å². The summed E-state index contributed by atoms with van der Waals surface area (Å²) in [6.45, 7) is 4.40. The number of rotatable bonds is 12. The minimum absolute atomic E-state index is 0.00595. The van der Waals surface area contributed by atoms with Crippen LogP contribution in [-0.4, -0.2) is 94.0 Å². The Morgan fingerprint density at radius 1 is 1.31 bits per heavy atom. The SMILES string of the molecule is CCN([C@@H](C)C1(N)CC1)S(=O)(=O)N1C[C@H](CCCB(O)O)[C@](NC(=O)[C@H](C)N)(C(=O)O)C1. The Labute approximate surface area is 189 Å². The molecule has 1 saturated heterocycles. The summed E-state index contributed by atoms with van der Waals surface area (Å²) < 4.78 is 29.4. The first-order chi connectivity index (χ1) is 14.7. The van der Waals surface area contributed by atoms with E-state index in [1.165, 1.54) is 11.2 Å². The highest BCUT2D eigenvalue weighted by Crippen LogP contribution is 2.41. The zero-order valence-corrected chi connectivity index (χ0v) is 19.7. The predicted molar refractivity (Wildman–Crippen MR) is 118 cm³/mol. The van der Waals surface area contributed by atoms with E-state index in [0.717, 1.165) is 4.31 Å². The van der Waals surface area contributed by atoms with E-state index in [9.17, 15) is 23.1 Å². The van der Waals surface area contributed by atoms with Gasteiger partial charge in [-0.05, 0) is 39.4 Å². The van der Waals surface area contributed by atoms with Gasteiger partial charge >= 0.3 is 13.1 Å². The minimum atomic E-state index is -4.09. The lowest BCUT2D eigenvalue weighted by Gasteiger charge is -2.35. The highest BCUT2D eigenvalue weighted by atomic mass is 32.2. The number of carboxylic acid groups (broad SMARTS) is 1. The quantitative estimate of drug-likeness (QED) is 0.170. The molecule has 0 spiro atoms. The molecule has 1 saturated carbocycles. The number of nitrogens with zero attached hydrogens (tertiary/aromatic N) is 2.